The molecule has 5 nitrogen and oxygen atoms in total. The predicted octanol–water partition coefficient (Wildman–Crippen LogP) is 3.47. The Bertz CT molecular complexity index is 727. The average molecular weight is 295 g/mol. The van der Waals surface area contributed by atoms with Gasteiger partial charge in [-0.05, 0) is 25.0 Å². The lowest BCUT2D eigenvalue weighted by atomic mass is 10.1. The molecule has 0 aliphatic rings. The van der Waals surface area contributed by atoms with Crippen molar-refractivity contribution in [2.24, 2.45) is 0 Å². The number of anilines is 1. The number of aromatic amines is 1. The number of benzene rings is 1. The Morgan fingerprint density at radius 3 is 2.86 bits per heavy atom. The van der Waals surface area contributed by atoms with Crippen LogP contribution in [0.2, 0.25) is 0 Å². The van der Waals surface area contributed by atoms with Crippen LogP contribution < -0.4 is 5.32 Å². The van der Waals surface area contributed by atoms with E-state index >= 15 is 0 Å². The van der Waals surface area contributed by atoms with E-state index in [1.807, 2.05) is 17.1 Å². The highest BCUT2D eigenvalue weighted by Crippen LogP contribution is 2.23. The Hall–Kier alpha value is -2.56. The Morgan fingerprint density at radius 2 is 2.14 bits per heavy atom. The molecule has 0 bridgehead atoms. The molecule has 0 unspecified atom stereocenters. The summed E-state index contributed by atoms with van der Waals surface area (Å²) in [5.74, 6) is 0.922. The summed E-state index contributed by atoms with van der Waals surface area (Å²) >= 11 is 0. The molecule has 1 aromatic carbocycles. The van der Waals surface area contributed by atoms with E-state index in [4.69, 9.17) is 0 Å². The Morgan fingerprint density at radius 1 is 1.27 bits per heavy atom. The maximum atomic E-state index is 4.59. The fourth-order valence-corrected chi connectivity index (χ4v) is 2.58. The van der Waals surface area contributed by atoms with Crippen molar-refractivity contribution < 1.29 is 0 Å². The van der Waals surface area contributed by atoms with Crippen molar-refractivity contribution in [1.29, 1.82) is 0 Å². The van der Waals surface area contributed by atoms with E-state index in [1.165, 1.54) is 11.3 Å². The van der Waals surface area contributed by atoms with Crippen LogP contribution in [0.3, 0.4) is 0 Å². The van der Waals surface area contributed by atoms with E-state index in [0.717, 1.165) is 30.0 Å². The molecular formula is C17H21N5. The van der Waals surface area contributed by atoms with E-state index in [0.29, 0.717) is 6.54 Å². The molecule has 2 N–H and O–H groups in total. The van der Waals surface area contributed by atoms with E-state index in [-0.39, 0.29) is 0 Å². The Kier molecular flexibility index (Phi) is 4.23. The summed E-state index contributed by atoms with van der Waals surface area (Å²) in [5.41, 5.74) is 4.64. The minimum Gasteiger partial charge on any atom is -0.375 e. The first-order valence-corrected chi connectivity index (χ1v) is 7.64. The lowest BCUT2D eigenvalue weighted by Crippen LogP contribution is -2.07. The zero-order valence-corrected chi connectivity index (χ0v) is 13.0. The molecule has 0 radical (unpaired) electrons. The topological polar surface area (TPSA) is 58.5 Å². The normalized spacial score (nSPS) is 10.8. The molecule has 3 aromatic rings. The van der Waals surface area contributed by atoms with Crippen molar-refractivity contribution in [2.45, 2.75) is 33.2 Å². The molecule has 0 saturated heterocycles. The van der Waals surface area contributed by atoms with Gasteiger partial charge in [-0.15, -0.1) is 0 Å². The van der Waals surface area contributed by atoms with Crippen LogP contribution in [0.15, 0.2) is 42.9 Å². The van der Waals surface area contributed by atoms with Crippen LogP contribution in [0.5, 0.6) is 0 Å². The number of H-pyrrole nitrogens is 1. The van der Waals surface area contributed by atoms with E-state index in [9.17, 15) is 0 Å². The van der Waals surface area contributed by atoms with Crippen LogP contribution in [-0.4, -0.2) is 19.7 Å². The SMILES string of the molecule is CCCc1c(NCc2ncc[nH]2)cnn1-c1ccccc1C. The molecule has 0 amide bonds. The van der Waals surface area contributed by atoms with Gasteiger partial charge in [0.2, 0.25) is 0 Å². The van der Waals surface area contributed by atoms with Gasteiger partial charge in [0, 0.05) is 12.4 Å². The third-order valence-corrected chi connectivity index (χ3v) is 3.70. The molecule has 3 rings (SSSR count). The predicted molar refractivity (Wildman–Crippen MR) is 88.2 cm³/mol. The summed E-state index contributed by atoms with van der Waals surface area (Å²) in [6, 6.07) is 8.33. The molecule has 0 aliphatic heterocycles. The second-order valence-corrected chi connectivity index (χ2v) is 5.34. The first-order chi connectivity index (χ1) is 10.8. The van der Waals surface area contributed by atoms with Gasteiger partial charge in [0.1, 0.15) is 5.82 Å². The van der Waals surface area contributed by atoms with Crippen LogP contribution in [0.4, 0.5) is 5.69 Å². The average Bonchev–Trinajstić information content (AvgIpc) is 3.16. The first-order valence-electron chi connectivity index (χ1n) is 7.64. The summed E-state index contributed by atoms with van der Waals surface area (Å²) in [6.07, 6.45) is 7.56. The number of nitrogens with one attached hydrogen (secondary N) is 2. The van der Waals surface area contributed by atoms with Crippen LogP contribution >= 0.6 is 0 Å². The lowest BCUT2D eigenvalue weighted by Gasteiger charge is -2.12. The highest BCUT2D eigenvalue weighted by atomic mass is 15.3. The van der Waals surface area contributed by atoms with Gasteiger partial charge in [-0.2, -0.15) is 5.10 Å². The summed E-state index contributed by atoms with van der Waals surface area (Å²) in [7, 11) is 0. The minimum absolute atomic E-state index is 0.670. The number of rotatable bonds is 6. The van der Waals surface area contributed by atoms with Gasteiger partial charge >= 0.3 is 0 Å². The van der Waals surface area contributed by atoms with Crippen molar-refractivity contribution in [3.63, 3.8) is 0 Å². The van der Waals surface area contributed by atoms with Gasteiger partial charge in [-0.1, -0.05) is 31.5 Å². The highest BCUT2D eigenvalue weighted by molar-refractivity contribution is 5.52. The zero-order chi connectivity index (χ0) is 15.4. The van der Waals surface area contributed by atoms with Gasteiger partial charge in [0.15, 0.2) is 0 Å². The molecule has 0 atom stereocenters. The number of aryl methyl sites for hydroxylation is 1. The fraction of sp³-hybridized carbons (Fsp3) is 0.294. The van der Waals surface area contributed by atoms with E-state index in [1.54, 1.807) is 6.20 Å². The molecule has 2 heterocycles. The van der Waals surface area contributed by atoms with Crippen LogP contribution in [0.1, 0.15) is 30.4 Å². The smallest absolute Gasteiger partial charge is 0.125 e. The molecule has 5 heteroatoms. The number of aromatic nitrogens is 4. The highest BCUT2D eigenvalue weighted by Gasteiger charge is 2.13. The summed E-state index contributed by atoms with van der Waals surface area (Å²) < 4.78 is 2.04. The molecule has 2 aromatic heterocycles. The van der Waals surface area contributed by atoms with Gasteiger partial charge in [-0.3, -0.25) is 0 Å². The van der Waals surface area contributed by atoms with E-state index < -0.39 is 0 Å². The van der Waals surface area contributed by atoms with Gasteiger partial charge in [0.05, 0.1) is 29.8 Å². The summed E-state index contributed by atoms with van der Waals surface area (Å²) in [6.45, 7) is 4.97. The minimum atomic E-state index is 0.670. The van der Waals surface area contributed by atoms with Crippen molar-refractivity contribution in [2.75, 3.05) is 5.32 Å². The maximum absolute atomic E-state index is 4.59. The largest absolute Gasteiger partial charge is 0.375 e. The second-order valence-electron chi connectivity index (χ2n) is 5.34. The third-order valence-electron chi connectivity index (χ3n) is 3.70. The number of para-hydroxylation sites is 1. The number of nitrogens with zero attached hydrogens (tertiary/aromatic N) is 3. The molecule has 22 heavy (non-hydrogen) atoms. The summed E-state index contributed by atoms with van der Waals surface area (Å²) in [4.78, 5) is 7.35. The molecule has 0 spiro atoms. The summed E-state index contributed by atoms with van der Waals surface area (Å²) in [5, 5.41) is 8.02. The standard InChI is InChI=1S/C17H21N5/c1-3-6-16-14(20-12-17-18-9-10-19-17)11-21-22(16)15-8-5-4-7-13(15)2/h4-5,7-11,20H,3,6,12H2,1-2H3,(H,18,19). The van der Waals surface area contributed by atoms with Crippen LogP contribution in [0.25, 0.3) is 5.69 Å². The third kappa shape index (κ3) is 2.88. The first kappa shape index (κ1) is 14.4. The monoisotopic (exact) mass is 295 g/mol. The molecule has 0 aliphatic carbocycles. The number of hydrogen-bond acceptors (Lipinski definition) is 3. The Labute approximate surface area is 130 Å². The maximum Gasteiger partial charge on any atom is 0.125 e. The van der Waals surface area contributed by atoms with Crippen molar-refractivity contribution in [3.05, 3.63) is 59.9 Å². The van der Waals surface area contributed by atoms with E-state index in [2.05, 4.69) is 58.5 Å². The zero-order valence-electron chi connectivity index (χ0n) is 13.0. The second kappa shape index (κ2) is 6.47. The van der Waals surface area contributed by atoms with Gasteiger partial charge in [-0.25, -0.2) is 9.67 Å². The molecule has 0 saturated carbocycles. The Balaban J connectivity index is 1.90. The van der Waals surface area contributed by atoms with Gasteiger partial charge < -0.3 is 10.3 Å². The van der Waals surface area contributed by atoms with Crippen molar-refractivity contribution in [1.82, 2.24) is 19.7 Å². The number of hydrogen-bond donors (Lipinski definition) is 2. The lowest BCUT2D eigenvalue weighted by molar-refractivity contribution is 0.771. The molecule has 114 valence electrons. The van der Waals surface area contributed by atoms with Crippen molar-refractivity contribution >= 4 is 5.69 Å². The number of imidazole rings is 1. The van der Waals surface area contributed by atoms with Gasteiger partial charge in [0.25, 0.3) is 0 Å². The fourth-order valence-electron chi connectivity index (χ4n) is 2.58. The molecular weight excluding hydrogens is 274 g/mol. The van der Waals surface area contributed by atoms with Crippen LogP contribution in [0, 0.1) is 6.92 Å². The quantitative estimate of drug-likeness (QED) is 0.732. The molecule has 0 fully saturated rings. The van der Waals surface area contributed by atoms with Crippen LogP contribution in [-0.2, 0) is 13.0 Å². The van der Waals surface area contributed by atoms with Crippen molar-refractivity contribution in [3.8, 4) is 5.69 Å².